The van der Waals surface area contributed by atoms with Crippen LogP contribution < -0.4 is 10.1 Å². The number of carbonyl (C=O) groups excluding carboxylic acids is 1. The highest BCUT2D eigenvalue weighted by Gasteiger charge is 2.24. The highest BCUT2D eigenvalue weighted by Crippen LogP contribution is 2.36. The Hall–Kier alpha value is -3.57. The highest BCUT2D eigenvalue weighted by molar-refractivity contribution is 6.36. The maximum absolute atomic E-state index is 13.1. The summed E-state index contributed by atoms with van der Waals surface area (Å²) in [6, 6.07) is 19.4. The van der Waals surface area contributed by atoms with Crippen molar-refractivity contribution in [1.82, 2.24) is 4.57 Å². The summed E-state index contributed by atoms with van der Waals surface area (Å²) < 4.78 is 20.9. The van der Waals surface area contributed by atoms with Gasteiger partial charge in [0.1, 0.15) is 18.2 Å². The van der Waals surface area contributed by atoms with E-state index in [1.165, 1.54) is 12.1 Å². The van der Waals surface area contributed by atoms with E-state index in [0.29, 0.717) is 29.5 Å². The van der Waals surface area contributed by atoms with Gasteiger partial charge in [-0.25, -0.2) is 4.39 Å². The first kappa shape index (κ1) is 19.4. The quantitative estimate of drug-likeness (QED) is 0.393. The Kier molecular flexibility index (Phi) is 4.96. The van der Waals surface area contributed by atoms with Crippen molar-refractivity contribution < 1.29 is 13.9 Å². The molecular formula is C25H18ClFN2O2. The predicted molar refractivity (Wildman–Crippen MR) is 122 cm³/mol. The first-order chi connectivity index (χ1) is 15.1. The second kappa shape index (κ2) is 7.93. The third-order valence-electron chi connectivity index (χ3n) is 5.30. The Balaban J connectivity index is 1.45. The van der Waals surface area contributed by atoms with E-state index < -0.39 is 0 Å². The predicted octanol–water partition coefficient (Wildman–Crippen LogP) is 6.01. The maximum atomic E-state index is 13.1. The minimum Gasteiger partial charge on any atom is -0.492 e. The van der Waals surface area contributed by atoms with Crippen LogP contribution in [0.1, 0.15) is 11.1 Å². The molecule has 4 aromatic rings. The Morgan fingerprint density at radius 1 is 1.06 bits per heavy atom. The van der Waals surface area contributed by atoms with E-state index >= 15 is 0 Å². The lowest BCUT2D eigenvalue weighted by Crippen LogP contribution is -2.07. The third kappa shape index (κ3) is 3.80. The van der Waals surface area contributed by atoms with Crippen LogP contribution in [0, 0.1) is 5.82 Å². The number of ether oxygens (including phenoxy) is 1. The van der Waals surface area contributed by atoms with Crippen LogP contribution in [-0.4, -0.2) is 17.1 Å². The number of halogens is 2. The van der Waals surface area contributed by atoms with Crippen molar-refractivity contribution in [2.45, 2.75) is 6.54 Å². The fourth-order valence-electron chi connectivity index (χ4n) is 3.83. The number of hydrogen-bond acceptors (Lipinski definition) is 2. The zero-order valence-corrected chi connectivity index (χ0v) is 17.2. The molecule has 0 atom stereocenters. The average molecular weight is 433 g/mol. The van der Waals surface area contributed by atoms with E-state index in [2.05, 4.69) is 9.88 Å². The van der Waals surface area contributed by atoms with E-state index in [-0.39, 0.29) is 11.7 Å². The van der Waals surface area contributed by atoms with Gasteiger partial charge in [-0.05, 0) is 48.5 Å². The molecule has 0 bridgehead atoms. The van der Waals surface area contributed by atoms with Crippen molar-refractivity contribution in [3.05, 3.63) is 94.9 Å². The number of benzene rings is 3. The second-order valence-corrected chi connectivity index (χ2v) is 7.74. The SMILES string of the molecule is O=C1Nc2cc(Cl)ccc2/C1=C\c1cn(CCOc2ccc(F)cc2)c2ccccc12. The standard InChI is InChI=1S/C25H18ClFN2O2/c26-17-5-10-21-22(25(30)28-23(21)14-17)13-16-15-29(24-4-2-1-3-20(16)24)11-12-31-19-8-6-18(27)7-9-19/h1-10,13-15H,11-12H2,(H,28,30)/b22-13+. The summed E-state index contributed by atoms with van der Waals surface area (Å²) in [6.07, 6.45) is 3.93. The monoisotopic (exact) mass is 432 g/mol. The molecule has 1 N–H and O–H groups in total. The number of nitrogens with one attached hydrogen (secondary N) is 1. The summed E-state index contributed by atoms with van der Waals surface area (Å²) in [5.74, 6) is 0.188. The van der Waals surface area contributed by atoms with Crippen LogP contribution >= 0.6 is 11.6 Å². The van der Waals surface area contributed by atoms with Crippen LogP contribution in [0.3, 0.4) is 0 Å². The highest BCUT2D eigenvalue weighted by atomic mass is 35.5. The largest absolute Gasteiger partial charge is 0.492 e. The summed E-state index contributed by atoms with van der Waals surface area (Å²) in [7, 11) is 0. The van der Waals surface area contributed by atoms with Gasteiger partial charge in [0.15, 0.2) is 0 Å². The Labute approximate surface area is 183 Å². The molecule has 2 heterocycles. The Morgan fingerprint density at radius 3 is 2.71 bits per heavy atom. The van der Waals surface area contributed by atoms with Gasteiger partial charge in [0.05, 0.1) is 12.2 Å². The van der Waals surface area contributed by atoms with Crippen molar-refractivity contribution >= 4 is 45.7 Å². The summed E-state index contributed by atoms with van der Waals surface area (Å²) in [5.41, 5.74) is 4.17. The van der Waals surface area contributed by atoms with Crippen LogP contribution in [0.2, 0.25) is 5.02 Å². The number of nitrogens with zero attached hydrogens (tertiary/aromatic N) is 1. The number of anilines is 1. The maximum Gasteiger partial charge on any atom is 0.256 e. The fraction of sp³-hybridized carbons (Fsp3) is 0.0800. The molecule has 0 saturated carbocycles. The van der Waals surface area contributed by atoms with E-state index in [9.17, 15) is 9.18 Å². The molecule has 6 heteroatoms. The molecule has 5 rings (SSSR count). The van der Waals surface area contributed by atoms with E-state index in [0.717, 1.165) is 27.7 Å². The number of carbonyl (C=O) groups is 1. The number of aromatic nitrogens is 1. The lowest BCUT2D eigenvalue weighted by Gasteiger charge is -2.08. The molecular weight excluding hydrogens is 415 g/mol. The molecule has 1 aliphatic heterocycles. The number of hydrogen-bond donors (Lipinski definition) is 1. The van der Waals surface area contributed by atoms with Gasteiger partial charge in [-0.15, -0.1) is 0 Å². The van der Waals surface area contributed by atoms with Gasteiger partial charge in [0, 0.05) is 38.8 Å². The van der Waals surface area contributed by atoms with Gasteiger partial charge >= 0.3 is 0 Å². The number of rotatable bonds is 5. The fourth-order valence-corrected chi connectivity index (χ4v) is 4.01. The van der Waals surface area contributed by atoms with Crippen LogP contribution in [-0.2, 0) is 11.3 Å². The average Bonchev–Trinajstić information content (AvgIpc) is 3.27. The summed E-state index contributed by atoms with van der Waals surface area (Å²) >= 11 is 6.06. The van der Waals surface area contributed by atoms with Crippen molar-refractivity contribution in [3.63, 3.8) is 0 Å². The lowest BCUT2D eigenvalue weighted by atomic mass is 10.0. The third-order valence-corrected chi connectivity index (χ3v) is 5.53. The van der Waals surface area contributed by atoms with Gasteiger partial charge in [-0.2, -0.15) is 0 Å². The van der Waals surface area contributed by atoms with Gasteiger partial charge in [0.2, 0.25) is 0 Å². The molecule has 0 spiro atoms. The van der Waals surface area contributed by atoms with Crippen molar-refractivity contribution in [1.29, 1.82) is 0 Å². The topological polar surface area (TPSA) is 43.3 Å². The minimum absolute atomic E-state index is 0.145. The molecule has 0 unspecified atom stereocenters. The van der Waals surface area contributed by atoms with Gasteiger partial charge < -0.3 is 14.6 Å². The molecule has 0 saturated heterocycles. The van der Waals surface area contributed by atoms with Crippen LogP contribution in [0.15, 0.2) is 72.9 Å². The smallest absolute Gasteiger partial charge is 0.256 e. The Morgan fingerprint density at radius 2 is 1.87 bits per heavy atom. The number of fused-ring (bicyclic) bond motifs is 2. The lowest BCUT2D eigenvalue weighted by molar-refractivity contribution is -0.110. The number of para-hydroxylation sites is 1. The molecule has 0 fully saturated rings. The zero-order chi connectivity index (χ0) is 21.4. The molecule has 0 radical (unpaired) electrons. The van der Waals surface area contributed by atoms with Gasteiger partial charge in [-0.3, -0.25) is 4.79 Å². The first-order valence-corrected chi connectivity index (χ1v) is 10.3. The Bertz CT molecular complexity index is 1330. The van der Waals surface area contributed by atoms with E-state index in [1.54, 1.807) is 24.3 Å². The van der Waals surface area contributed by atoms with Crippen molar-refractivity contribution in [2.75, 3.05) is 11.9 Å². The molecule has 3 aromatic carbocycles. The number of amides is 1. The molecule has 154 valence electrons. The summed E-state index contributed by atoms with van der Waals surface area (Å²) in [6.45, 7) is 1.04. The zero-order valence-electron chi connectivity index (χ0n) is 16.4. The van der Waals surface area contributed by atoms with E-state index in [1.807, 2.05) is 42.6 Å². The van der Waals surface area contributed by atoms with Gasteiger partial charge in [0.25, 0.3) is 5.91 Å². The van der Waals surface area contributed by atoms with Crippen molar-refractivity contribution in [3.8, 4) is 5.75 Å². The minimum atomic E-state index is -0.291. The second-order valence-electron chi connectivity index (χ2n) is 7.30. The molecule has 4 nitrogen and oxygen atoms in total. The molecule has 0 aliphatic carbocycles. The van der Waals surface area contributed by atoms with Crippen molar-refractivity contribution in [2.24, 2.45) is 0 Å². The summed E-state index contributed by atoms with van der Waals surface area (Å²) in [4.78, 5) is 12.6. The summed E-state index contributed by atoms with van der Waals surface area (Å²) in [5, 5.41) is 4.50. The van der Waals surface area contributed by atoms with Crippen LogP contribution in [0.4, 0.5) is 10.1 Å². The molecule has 1 aromatic heterocycles. The first-order valence-electron chi connectivity index (χ1n) is 9.88. The normalized spacial score (nSPS) is 14.1. The molecule has 31 heavy (non-hydrogen) atoms. The van der Waals surface area contributed by atoms with Crippen LogP contribution in [0.5, 0.6) is 5.75 Å². The molecule has 1 aliphatic rings. The van der Waals surface area contributed by atoms with Gasteiger partial charge in [-0.1, -0.05) is 35.9 Å². The molecule has 1 amide bonds. The van der Waals surface area contributed by atoms with E-state index in [4.69, 9.17) is 16.3 Å². The van der Waals surface area contributed by atoms with Crippen LogP contribution in [0.25, 0.3) is 22.6 Å².